The second-order valence-corrected chi connectivity index (χ2v) is 15.6. The molecule has 6 heteroatoms. The lowest BCUT2D eigenvalue weighted by atomic mass is 9.86. The second-order valence-electron chi connectivity index (χ2n) is 11.5. The van der Waals surface area contributed by atoms with Gasteiger partial charge in [0.05, 0.1) is 23.4 Å². The summed E-state index contributed by atoms with van der Waals surface area (Å²) in [5.74, 6) is 0. The van der Waals surface area contributed by atoms with E-state index in [4.69, 9.17) is 9.05 Å². The molecule has 0 N–H and O–H groups in total. The number of rotatable bonds is 8. The van der Waals surface area contributed by atoms with Gasteiger partial charge in [0.25, 0.3) is 0 Å². The first-order chi connectivity index (χ1) is 17.9. The molecule has 202 valence electrons. The number of hydrogen-bond acceptors (Lipinski definition) is 5. The minimum Gasteiger partial charge on any atom is -0.305 e. The molecule has 0 radical (unpaired) electrons. The van der Waals surface area contributed by atoms with Gasteiger partial charge in [-0.05, 0) is 65.1 Å². The van der Waals surface area contributed by atoms with Gasteiger partial charge in [0, 0.05) is 14.6 Å². The molecule has 4 aromatic rings. The predicted molar refractivity (Wildman–Crippen MR) is 166 cm³/mol. The third-order valence-corrected chi connectivity index (χ3v) is 11.3. The molecule has 2 heterocycles. The maximum atomic E-state index is 14.0. The molecular weight excluding hydrogens is 527 g/mol. The van der Waals surface area contributed by atoms with E-state index in [2.05, 4.69) is 102 Å². The topological polar surface area (TPSA) is 35.5 Å². The number of benzene rings is 2. The van der Waals surface area contributed by atoms with Crippen LogP contribution in [0.15, 0.2) is 66.7 Å². The Bertz CT molecular complexity index is 1410. The van der Waals surface area contributed by atoms with E-state index in [0.717, 1.165) is 20.2 Å². The van der Waals surface area contributed by atoms with E-state index in [1.165, 1.54) is 21.6 Å². The summed E-state index contributed by atoms with van der Waals surface area (Å²) in [6.45, 7) is 17.7. The Hall–Kier alpha value is -2.01. The third kappa shape index (κ3) is 6.24. The van der Waals surface area contributed by atoms with Crippen LogP contribution in [-0.2, 0) is 24.4 Å². The van der Waals surface area contributed by atoms with Gasteiger partial charge in [0.2, 0.25) is 0 Å². The molecule has 0 spiro atoms. The summed E-state index contributed by atoms with van der Waals surface area (Å²) >= 11 is 3.36. The Labute approximate surface area is 236 Å². The molecule has 0 saturated carbocycles. The van der Waals surface area contributed by atoms with Crippen molar-refractivity contribution >= 4 is 35.6 Å². The summed E-state index contributed by atoms with van der Waals surface area (Å²) < 4.78 is 25.6. The summed E-state index contributed by atoms with van der Waals surface area (Å²) in [5, 5.41) is 0.651. The quantitative estimate of drug-likeness (QED) is 0.199. The van der Waals surface area contributed by atoms with Crippen LogP contribution < -0.4 is 5.30 Å². The number of thiophene rings is 2. The van der Waals surface area contributed by atoms with Crippen LogP contribution in [0.25, 0.3) is 30.6 Å². The second kappa shape index (κ2) is 11.2. The maximum absolute atomic E-state index is 14.0. The molecule has 38 heavy (non-hydrogen) atoms. The van der Waals surface area contributed by atoms with E-state index in [1.54, 1.807) is 22.7 Å². The monoisotopic (exact) mass is 566 g/mol. The third-order valence-electron chi connectivity index (χ3n) is 6.51. The van der Waals surface area contributed by atoms with Crippen LogP contribution in [0.5, 0.6) is 0 Å². The number of hydrogen-bond donors (Lipinski definition) is 0. The Balaban J connectivity index is 1.79. The van der Waals surface area contributed by atoms with Gasteiger partial charge in [-0.1, -0.05) is 90.1 Å². The smallest absolute Gasteiger partial charge is 0.305 e. The fourth-order valence-electron chi connectivity index (χ4n) is 4.30. The van der Waals surface area contributed by atoms with Crippen molar-refractivity contribution in [3.63, 3.8) is 0 Å². The fraction of sp³-hybridized carbons (Fsp3) is 0.375. The van der Waals surface area contributed by atoms with Crippen LogP contribution in [0.1, 0.15) is 66.5 Å². The lowest BCUT2D eigenvalue weighted by Crippen LogP contribution is -2.10. The molecule has 0 unspecified atom stereocenters. The zero-order chi connectivity index (χ0) is 27.7. The highest BCUT2D eigenvalue weighted by Gasteiger charge is 2.33. The largest absolute Gasteiger partial charge is 0.362 e. The van der Waals surface area contributed by atoms with Crippen molar-refractivity contribution < 1.29 is 13.6 Å². The van der Waals surface area contributed by atoms with Gasteiger partial charge in [-0.15, -0.1) is 22.7 Å². The SMILES string of the molecule is CCOP(=O)(OCC)c1cc(-c2ccc(C(C)(C)C)cc2)sc1-c1ccc(-c2ccc(C(C)(C)C)cc2)s1. The van der Waals surface area contributed by atoms with E-state index in [0.29, 0.717) is 18.5 Å². The molecule has 4 rings (SSSR count). The van der Waals surface area contributed by atoms with Gasteiger partial charge in [0.1, 0.15) is 0 Å². The average Bonchev–Trinajstić information content (AvgIpc) is 3.52. The lowest BCUT2D eigenvalue weighted by molar-refractivity contribution is 0.230. The van der Waals surface area contributed by atoms with Gasteiger partial charge in [-0.25, -0.2) is 0 Å². The first-order valence-electron chi connectivity index (χ1n) is 13.2. The molecule has 0 aliphatic carbocycles. The molecule has 2 aromatic heterocycles. The minimum absolute atomic E-state index is 0.0857. The first-order valence-corrected chi connectivity index (χ1v) is 16.4. The molecule has 0 atom stereocenters. The van der Waals surface area contributed by atoms with E-state index >= 15 is 0 Å². The van der Waals surface area contributed by atoms with Crippen molar-refractivity contribution in [3.05, 3.63) is 77.9 Å². The van der Waals surface area contributed by atoms with Gasteiger partial charge in [-0.2, -0.15) is 0 Å². The molecule has 3 nitrogen and oxygen atoms in total. The van der Waals surface area contributed by atoms with Crippen LogP contribution in [0, 0.1) is 0 Å². The van der Waals surface area contributed by atoms with E-state index in [9.17, 15) is 4.57 Å². The predicted octanol–water partition coefficient (Wildman–Crippen LogP) is 10.3. The molecule has 0 bridgehead atoms. The van der Waals surface area contributed by atoms with Crippen molar-refractivity contribution in [2.45, 2.75) is 66.2 Å². The van der Waals surface area contributed by atoms with Crippen molar-refractivity contribution in [1.82, 2.24) is 0 Å². The van der Waals surface area contributed by atoms with Crippen LogP contribution in [-0.4, -0.2) is 13.2 Å². The molecule has 0 fully saturated rings. The van der Waals surface area contributed by atoms with Crippen molar-refractivity contribution in [2.75, 3.05) is 13.2 Å². The van der Waals surface area contributed by atoms with Gasteiger partial charge >= 0.3 is 7.60 Å². The van der Waals surface area contributed by atoms with Crippen LogP contribution >= 0.6 is 30.3 Å². The van der Waals surface area contributed by atoms with Gasteiger partial charge < -0.3 is 9.05 Å². The Morgan fingerprint density at radius 2 is 1.08 bits per heavy atom. The standard InChI is InChI=1S/C32H39O3PS2/c1-9-34-36(33,35-10-2)26-21-29(23-13-17-25(18-14-23)32(6,7)8)38-30(26)28-20-19-27(37-28)22-11-15-24(16-12-22)31(3,4)5/h11-21H,9-10H2,1-8H3. The van der Waals surface area contributed by atoms with Gasteiger partial charge in [0.15, 0.2) is 0 Å². The zero-order valence-electron chi connectivity index (χ0n) is 23.8. The fourth-order valence-corrected chi connectivity index (χ4v) is 8.83. The first kappa shape index (κ1) is 29.0. The summed E-state index contributed by atoms with van der Waals surface area (Å²) in [6.07, 6.45) is 0. The minimum atomic E-state index is -3.48. The molecule has 0 aliphatic heterocycles. The van der Waals surface area contributed by atoms with Gasteiger partial charge in [-0.3, -0.25) is 4.57 Å². The summed E-state index contributed by atoms with van der Waals surface area (Å²) in [5.41, 5.74) is 5.09. The van der Waals surface area contributed by atoms with E-state index in [1.807, 2.05) is 19.9 Å². The zero-order valence-corrected chi connectivity index (χ0v) is 26.3. The summed E-state index contributed by atoms with van der Waals surface area (Å²) in [6, 6.07) is 23.8. The lowest BCUT2D eigenvalue weighted by Gasteiger charge is -2.19. The van der Waals surface area contributed by atoms with Crippen LogP contribution in [0.2, 0.25) is 0 Å². The Morgan fingerprint density at radius 1 is 0.632 bits per heavy atom. The maximum Gasteiger partial charge on any atom is 0.362 e. The highest BCUT2D eigenvalue weighted by Crippen LogP contribution is 2.53. The van der Waals surface area contributed by atoms with Crippen molar-refractivity contribution in [1.29, 1.82) is 0 Å². The average molecular weight is 567 g/mol. The Morgan fingerprint density at radius 3 is 1.53 bits per heavy atom. The van der Waals surface area contributed by atoms with Crippen molar-refractivity contribution in [3.8, 4) is 30.6 Å². The highest BCUT2D eigenvalue weighted by atomic mass is 32.1. The Kier molecular flexibility index (Phi) is 8.57. The molecule has 0 aliphatic rings. The summed E-state index contributed by atoms with van der Waals surface area (Å²) in [4.78, 5) is 4.25. The summed E-state index contributed by atoms with van der Waals surface area (Å²) in [7, 11) is -3.48. The van der Waals surface area contributed by atoms with Crippen LogP contribution in [0.4, 0.5) is 0 Å². The molecule has 0 saturated heterocycles. The molecular formula is C32H39O3PS2. The van der Waals surface area contributed by atoms with E-state index in [-0.39, 0.29) is 10.8 Å². The highest BCUT2D eigenvalue weighted by molar-refractivity contribution is 7.63. The van der Waals surface area contributed by atoms with Crippen LogP contribution in [0.3, 0.4) is 0 Å². The van der Waals surface area contributed by atoms with Crippen molar-refractivity contribution in [2.24, 2.45) is 0 Å². The molecule has 0 amide bonds. The molecule has 2 aromatic carbocycles. The van der Waals surface area contributed by atoms with E-state index < -0.39 is 7.60 Å². The normalized spacial score (nSPS) is 12.7.